The van der Waals surface area contributed by atoms with Crippen LogP contribution in [0, 0.1) is 13.8 Å². The highest BCUT2D eigenvalue weighted by Gasteiger charge is 2.10. The Kier molecular flexibility index (Phi) is 3.81. The van der Waals surface area contributed by atoms with E-state index in [1.807, 2.05) is 36.7 Å². The number of nitrogens with zero attached hydrogens (tertiary/aromatic N) is 2. The van der Waals surface area contributed by atoms with Crippen molar-refractivity contribution in [3.05, 3.63) is 49.7 Å². The first-order chi connectivity index (χ1) is 7.99. The molecule has 17 heavy (non-hydrogen) atoms. The van der Waals surface area contributed by atoms with Gasteiger partial charge in [-0.1, -0.05) is 45.2 Å². The molecule has 0 aliphatic carbocycles. The van der Waals surface area contributed by atoms with Gasteiger partial charge in [0.2, 0.25) is 0 Å². The van der Waals surface area contributed by atoms with Gasteiger partial charge >= 0.3 is 0 Å². The average Bonchev–Trinajstić information content (AvgIpc) is 2.50. The molecule has 0 radical (unpaired) electrons. The highest BCUT2D eigenvalue weighted by Crippen LogP contribution is 2.24. The van der Waals surface area contributed by atoms with E-state index in [0.717, 1.165) is 31.5 Å². The Morgan fingerprint density at radius 2 is 2.00 bits per heavy atom. The van der Waals surface area contributed by atoms with Gasteiger partial charge in [0.1, 0.15) is 0 Å². The molecule has 1 aromatic heterocycles. The number of rotatable bonds is 2. The van der Waals surface area contributed by atoms with E-state index in [-0.39, 0.29) is 0 Å². The first-order valence-electron chi connectivity index (χ1n) is 5.12. The third-order valence-corrected chi connectivity index (χ3v) is 4.02. The molecule has 0 unspecified atom stereocenters. The van der Waals surface area contributed by atoms with E-state index in [0.29, 0.717) is 6.54 Å². The summed E-state index contributed by atoms with van der Waals surface area (Å²) in [6.07, 6.45) is 0. The van der Waals surface area contributed by atoms with E-state index >= 15 is 0 Å². The van der Waals surface area contributed by atoms with Crippen molar-refractivity contribution in [1.29, 1.82) is 0 Å². The van der Waals surface area contributed by atoms with Crippen LogP contribution in [-0.2, 0) is 6.54 Å². The van der Waals surface area contributed by atoms with Gasteiger partial charge < -0.3 is 0 Å². The third kappa shape index (κ3) is 2.67. The Bertz CT molecular complexity index is 564. The van der Waals surface area contributed by atoms with Crippen LogP contribution in [0.2, 0.25) is 10.0 Å². The van der Waals surface area contributed by atoms with E-state index in [2.05, 4.69) is 21.0 Å². The monoisotopic (exact) mass is 332 g/mol. The molecule has 2 nitrogen and oxygen atoms in total. The molecule has 2 aromatic rings. The largest absolute Gasteiger partial charge is 0.264 e. The summed E-state index contributed by atoms with van der Waals surface area (Å²) in [7, 11) is 0. The van der Waals surface area contributed by atoms with Gasteiger partial charge in [-0.25, -0.2) is 0 Å². The maximum atomic E-state index is 6.17. The minimum atomic E-state index is 0.630. The molecule has 2 rings (SSSR count). The van der Waals surface area contributed by atoms with Crippen molar-refractivity contribution in [2.75, 3.05) is 0 Å². The summed E-state index contributed by atoms with van der Waals surface area (Å²) >= 11 is 15.7. The van der Waals surface area contributed by atoms with Gasteiger partial charge in [-0.05, 0) is 31.5 Å². The number of benzene rings is 1. The number of halogens is 3. The zero-order chi connectivity index (χ0) is 12.6. The van der Waals surface area contributed by atoms with Crippen molar-refractivity contribution in [2.45, 2.75) is 20.4 Å². The van der Waals surface area contributed by atoms with Crippen molar-refractivity contribution in [2.24, 2.45) is 0 Å². The fourth-order valence-corrected chi connectivity index (χ4v) is 2.51. The van der Waals surface area contributed by atoms with Crippen LogP contribution in [0.4, 0.5) is 0 Å². The van der Waals surface area contributed by atoms with Crippen LogP contribution in [0.25, 0.3) is 0 Å². The summed E-state index contributed by atoms with van der Waals surface area (Å²) in [4.78, 5) is 0. The van der Waals surface area contributed by atoms with E-state index in [4.69, 9.17) is 23.2 Å². The Hall–Kier alpha value is -0.510. The molecule has 1 heterocycles. The number of aromatic nitrogens is 2. The summed E-state index contributed by atoms with van der Waals surface area (Å²) in [5.41, 5.74) is 2.83. The Morgan fingerprint density at radius 1 is 1.29 bits per heavy atom. The maximum Gasteiger partial charge on any atom is 0.0844 e. The molecule has 0 atom stereocenters. The number of aryl methyl sites for hydroxylation is 1. The molecule has 90 valence electrons. The molecule has 0 spiro atoms. The molecule has 0 aliphatic rings. The molecule has 0 aliphatic heterocycles. The van der Waals surface area contributed by atoms with E-state index in [9.17, 15) is 0 Å². The Labute approximate surface area is 119 Å². The van der Waals surface area contributed by atoms with Crippen molar-refractivity contribution in [3.8, 4) is 0 Å². The molecule has 5 heteroatoms. The van der Waals surface area contributed by atoms with E-state index < -0.39 is 0 Å². The van der Waals surface area contributed by atoms with Crippen LogP contribution in [0.15, 0.2) is 22.7 Å². The normalized spacial score (nSPS) is 10.9. The fourth-order valence-electron chi connectivity index (χ4n) is 1.64. The van der Waals surface area contributed by atoms with Crippen LogP contribution in [0.1, 0.15) is 17.0 Å². The van der Waals surface area contributed by atoms with E-state index in [1.54, 1.807) is 0 Å². The van der Waals surface area contributed by atoms with Crippen molar-refractivity contribution < 1.29 is 0 Å². The molecular weight excluding hydrogens is 323 g/mol. The van der Waals surface area contributed by atoms with Crippen LogP contribution in [0.5, 0.6) is 0 Å². The highest BCUT2D eigenvalue weighted by molar-refractivity contribution is 9.10. The molecule has 0 fully saturated rings. The fraction of sp³-hybridized carbons (Fsp3) is 0.250. The second kappa shape index (κ2) is 5.01. The Balaban J connectivity index is 2.34. The standard InChI is InChI=1S/C12H11BrCl2N2/c1-7-12(15)8(2)17(16-7)6-9-3-4-10(13)5-11(9)14/h3-5H,6H2,1-2H3. The SMILES string of the molecule is Cc1nn(Cc2ccc(Br)cc2Cl)c(C)c1Cl. The van der Waals surface area contributed by atoms with Crippen molar-refractivity contribution in [1.82, 2.24) is 9.78 Å². The lowest BCUT2D eigenvalue weighted by Crippen LogP contribution is -2.04. The zero-order valence-electron chi connectivity index (χ0n) is 9.47. The zero-order valence-corrected chi connectivity index (χ0v) is 12.6. The lowest BCUT2D eigenvalue weighted by molar-refractivity contribution is 0.659. The Morgan fingerprint density at radius 3 is 2.53 bits per heavy atom. The van der Waals surface area contributed by atoms with Gasteiger partial charge in [0.25, 0.3) is 0 Å². The summed E-state index contributed by atoms with van der Waals surface area (Å²) in [6, 6.07) is 5.83. The van der Waals surface area contributed by atoms with Crippen molar-refractivity contribution in [3.63, 3.8) is 0 Å². The van der Waals surface area contributed by atoms with Gasteiger partial charge in [-0.3, -0.25) is 4.68 Å². The first-order valence-corrected chi connectivity index (χ1v) is 6.67. The van der Waals surface area contributed by atoms with Crippen LogP contribution in [0.3, 0.4) is 0 Å². The summed E-state index contributed by atoms with van der Waals surface area (Å²) in [5, 5.41) is 5.83. The van der Waals surface area contributed by atoms with Gasteiger partial charge in [0.15, 0.2) is 0 Å². The predicted octanol–water partition coefficient (Wildman–Crippen LogP) is 4.62. The minimum Gasteiger partial charge on any atom is -0.264 e. The van der Waals surface area contributed by atoms with Crippen LogP contribution < -0.4 is 0 Å². The van der Waals surface area contributed by atoms with Crippen LogP contribution >= 0.6 is 39.1 Å². The van der Waals surface area contributed by atoms with Gasteiger partial charge in [0.05, 0.1) is 23.0 Å². The van der Waals surface area contributed by atoms with Gasteiger partial charge in [-0.15, -0.1) is 0 Å². The number of hydrogen-bond donors (Lipinski definition) is 0. The summed E-state index contributed by atoms with van der Waals surface area (Å²) in [6.45, 7) is 4.48. The van der Waals surface area contributed by atoms with Crippen LogP contribution in [-0.4, -0.2) is 9.78 Å². The van der Waals surface area contributed by atoms with Gasteiger partial charge in [-0.2, -0.15) is 5.10 Å². The predicted molar refractivity (Wildman–Crippen MR) is 75.0 cm³/mol. The molecule has 0 bridgehead atoms. The third-order valence-electron chi connectivity index (χ3n) is 2.63. The maximum absolute atomic E-state index is 6.17. The van der Waals surface area contributed by atoms with Crippen molar-refractivity contribution >= 4 is 39.1 Å². The molecule has 0 N–H and O–H groups in total. The first kappa shape index (κ1) is 12.9. The molecule has 1 aromatic carbocycles. The second-order valence-corrected chi connectivity index (χ2v) is 5.58. The van der Waals surface area contributed by atoms with E-state index in [1.165, 1.54) is 0 Å². The molecule has 0 saturated heterocycles. The highest BCUT2D eigenvalue weighted by atomic mass is 79.9. The summed E-state index contributed by atoms with van der Waals surface area (Å²) in [5.74, 6) is 0. The number of hydrogen-bond acceptors (Lipinski definition) is 1. The topological polar surface area (TPSA) is 17.8 Å². The molecule has 0 saturated carbocycles. The van der Waals surface area contributed by atoms with Gasteiger partial charge in [0, 0.05) is 9.50 Å². The molecular formula is C12H11BrCl2N2. The summed E-state index contributed by atoms with van der Waals surface area (Å²) < 4.78 is 2.84. The average molecular weight is 334 g/mol. The lowest BCUT2D eigenvalue weighted by atomic mass is 10.2. The lowest BCUT2D eigenvalue weighted by Gasteiger charge is -2.07. The molecule has 0 amide bonds. The quantitative estimate of drug-likeness (QED) is 0.784. The second-order valence-electron chi connectivity index (χ2n) is 3.88. The minimum absolute atomic E-state index is 0.630. The smallest absolute Gasteiger partial charge is 0.0844 e.